The van der Waals surface area contributed by atoms with E-state index in [0.717, 1.165) is 12.8 Å². The zero-order valence-corrected chi connectivity index (χ0v) is 13.4. The Hall–Kier alpha value is -2.94. The van der Waals surface area contributed by atoms with Gasteiger partial charge in [-0.25, -0.2) is 9.78 Å². The average molecular weight is 342 g/mol. The molecule has 0 unspecified atom stereocenters. The molecule has 0 bridgehead atoms. The molecule has 4 N–H and O–H groups in total. The molecule has 1 saturated carbocycles. The van der Waals surface area contributed by atoms with Crippen molar-refractivity contribution in [1.82, 2.24) is 24.5 Å². The third-order valence-electron chi connectivity index (χ3n) is 4.55. The summed E-state index contributed by atoms with van der Waals surface area (Å²) >= 11 is 0. The van der Waals surface area contributed by atoms with Crippen LogP contribution in [0.2, 0.25) is 0 Å². The molecule has 0 atom stereocenters. The number of nitrogens with one attached hydrogen (secondary N) is 3. The van der Waals surface area contributed by atoms with Crippen LogP contribution in [0.3, 0.4) is 0 Å². The van der Waals surface area contributed by atoms with Gasteiger partial charge in [0.1, 0.15) is 11.2 Å². The number of hydrogen-bond donors (Lipinski definition) is 4. The van der Waals surface area contributed by atoms with Gasteiger partial charge in [-0.3, -0.25) is 9.36 Å². The zero-order valence-electron chi connectivity index (χ0n) is 13.4. The van der Waals surface area contributed by atoms with Crippen LogP contribution in [0, 0.1) is 0 Å². The summed E-state index contributed by atoms with van der Waals surface area (Å²) in [5.74, 6) is 0.243. The van der Waals surface area contributed by atoms with Gasteiger partial charge in [-0.05, 0) is 37.8 Å². The fourth-order valence-electron chi connectivity index (χ4n) is 3.27. The Labute approximate surface area is 141 Å². The summed E-state index contributed by atoms with van der Waals surface area (Å²) in [4.78, 5) is 38.0. The Kier molecular flexibility index (Phi) is 3.85. The summed E-state index contributed by atoms with van der Waals surface area (Å²) < 4.78 is 1.63. The molecular weight excluding hydrogens is 324 g/mol. The number of rotatable bonds is 3. The fourth-order valence-corrected chi connectivity index (χ4v) is 3.27. The van der Waals surface area contributed by atoms with Gasteiger partial charge in [-0.1, -0.05) is 0 Å². The smallest absolute Gasteiger partial charge is 0.327 e. The van der Waals surface area contributed by atoms with Gasteiger partial charge in [0.2, 0.25) is 5.95 Å². The maximum Gasteiger partial charge on any atom is 0.327 e. The van der Waals surface area contributed by atoms with Gasteiger partial charge < -0.3 is 20.4 Å². The Balaban J connectivity index is 1.72. The molecule has 1 aliphatic rings. The Bertz CT molecular complexity index is 1010. The van der Waals surface area contributed by atoms with Gasteiger partial charge in [-0.15, -0.1) is 0 Å². The lowest BCUT2D eigenvalue weighted by atomic mass is 9.93. The molecule has 25 heavy (non-hydrogen) atoms. The van der Waals surface area contributed by atoms with Crippen LogP contribution >= 0.6 is 0 Å². The molecule has 3 aromatic rings. The van der Waals surface area contributed by atoms with Crippen molar-refractivity contribution in [3.05, 3.63) is 45.4 Å². The van der Waals surface area contributed by atoms with Crippen molar-refractivity contribution < 1.29 is 5.11 Å². The highest BCUT2D eigenvalue weighted by Crippen LogP contribution is 2.29. The molecule has 0 saturated heterocycles. The zero-order chi connectivity index (χ0) is 17.4. The first kappa shape index (κ1) is 15.6. The minimum absolute atomic E-state index is 0.00692. The second-order valence-electron chi connectivity index (χ2n) is 6.23. The van der Waals surface area contributed by atoms with Crippen molar-refractivity contribution in [3.63, 3.8) is 0 Å². The Morgan fingerprint density at radius 1 is 1.24 bits per heavy atom. The van der Waals surface area contributed by atoms with Gasteiger partial charge in [0.25, 0.3) is 5.56 Å². The predicted octanol–water partition coefficient (Wildman–Crippen LogP) is 1.03. The highest BCUT2D eigenvalue weighted by molar-refractivity contribution is 5.71. The van der Waals surface area contributed by atoms with E-state index in [1.54, 1.807) is 22.9 Å². The van der Waals surface area contributed by atoms with Crippen LogP contribution in [-0.2, 0) is 0 Å². The van der Waals surface area contributed by atoms with Crippen LogP contribution in [0.15, 0.2) is 34.1 Å². The van der Waals surface area contributed by atoms with Crippen LogP contribution < -0.4 is 16.6 Å². The second kappa shape index (κ2) is 6.17. The standard InChI is InChI=1S/C16H18N6O3/c23-10-5-3-9(4-6-10)22-13-12(20-16(22)25)8-18-15(21-13)19-11-2-1-7-17-14(11)24/h1-2,7-10,23H,3-6H2,(H,17,24)(H,20,25)(H,18,19,21)/t9-,10-. The lowest BCUT2D eigenvalue weighted by Gasteiger charge is -2.25. The Morgan fingerprint density at radius 2 is 2.04 bits per heavy atom. The van der Waals surface area contributed by atoms with Crippen molar-refractivity contribution in [2.75, 3.05) is 5.32 Å². The minimum atomic E-state index is -0.297. The van der Waals surface area contributed by atoms with E-state index in [1.807, 2.05) is 0 Å². The molecule has 1 aliphatic carbocycles. The highest BCUT2D eigenvalue weighted by atomic mass is 16.3. The summed E-state index contributed by atoms with van der Waals surface area (Å²) in [6.07, 6.45) is 5.54. The van der Waals surface area contributed by atoms with Crippen molar-refractivity contribution >= 4 is 22.8 Å². The van der Waals surface area contributed by atoms with Gasteiger partial charge in [0.15, 0.2) is 5.65 Å². The fraction of sp³-hybridized carbons (Fsp3) is 0.375. The topological polar surface area (TPSA) is 129 Å². The monoisotopic (exact) mass is 342 g/mol. The number of aliphatic hydroxyl groups is 1. The van der Waals surface area contributed by atoms with E-state index in [9.17, 15) is 14.7 Å². The minimum Gasteiger partial charge on any atom is -0.393 e. The number of aromatic amines is 2. The molecule has 0 radical (unpaired) electrons. The maximum atomic E-state index is 12.3. The number of nitrogens with zero attached hydrogens (tertiary/aromatic N) is 3. The number of H-pyrrole nitrogens is 2. The number of hydrogen-bond acceptors (Lipinski definition) is 6. The number of aromatic nitrogens is 5. The van der Waals surface area contributed by atoms with E-state index in [0.29, 0.717) is 29.7 Å². The normalized spacial score (nSPS) is 20.7. The summed E-state index contributed by atoms with van der Waals surface area (Å²) in [6.45, 7) is 0. The first-order chi connectivity index (χ1) is 12.1. The van der Waals surface area contributed by atoms with Gasteiger partial charge in [0, 0.05) is 12.2 Å². The molecule has 1 fully saturated rings. The molecule has 9 nitrogen and oxygen atoms in total. The van der Waals surface area contributed by atoms with Crippen molar-refractivity contribution in [2.24, 2.45) is 0 Å². The van der Waals surface area contributed by atoms with Gasteiger partial charge in [-0.2, -0.15) is 4.98 Å². The summed E-state index contributed by atoms with van der Waals surface area (Å²) in [7, 11) is 0. The number of imidazole rings is 1. The van der Waals surface area contributed by atoms with Crippen LogP contribution in [0.5, 0.6) is 0 Å². The SMILES string of the molecule is O=c1[nH]cccc1Nc1ncc2[nH]c(=O)n([C@H]3CC[C@H](O)CC3)c2n1. The summed E-state index contributed by atoms with van der Waals surface area (Å²) in [6, 6.07) is 3.31. The summed E-state index contributed by atoms with van der Waals surface area (Å²) in [5.41, 5.74) is 0.853. The molecule has 4 rings (SSSR count). The van der Waals surface area contributed by atoms with E-state index in [2.05, 4.69) is 25.3 Å². The van der Waals surface area contributed by atoms with Crippen LogP contribution in [0.25, 0.3) is 11.2 Å². The van der Waals surface area contributed by atoms with E-state index in [4.69, 9.17) is 0 Å². The molecule has 0 amide bonds. The molecule has 9 heteroatoms. The van der Waals surface area contributed by atoms with E-state index < -0.39 is 0 Å². The lowest BCUT2D eigenvalue weighted by molar-refractivity contribution is 0.111. The number of anilines is 2. The van der Waals surface area contributed by atoms with Crippen molar-refractivity contribution in [2.45, 2.75) is 37.8 Å². The number of fused-ring (bicyclic) bond motifs is 1. The molecule has 3 heterocycles. The van der Waals surface area contributed by atoms with E-state index >= 15 is 0 Å². The quantitative estimate of drug-likeness (QED) is 0.563. The van der Waals surface area contributed by atoms with E-state index in [1.165, 1.54) is 6.20 Å². The summed E-state index contributed by atoms with van der Waals surface area (Å²) in [5, 5.41) is 12.6. The van der Waals surface area contributed by atoms with Crippen molar-refractivity contribution in [3.8, 4) is 0 Å². The van der Waals surface area contributed by atoms with Crippen LogP contribution in [0.1, 0.15) is 31.7 Å². The number of aliphatic hydroxyl groups excluding tert-OH is 1. The second-order valence-corrected chi connectivity index (χ2v) is 6.23. The van der Waals surface area contributed by atoms with Crippen molar-refractivity contribution in [1.29, 1.82) is 0 Å². The first-order valence-electron chi connectivity index (χ1n) is 8.22. The van der Waals surface area contributed by atoms with Crippen LogP contribution in [0.4, 0.5) is 11.6 Å². The number of pyridine rings is 1. The van der Waals surface area contributed by atoms with Crippen LogP contribution in [-0.4, -0.2) is 35.7 Å². The maximum absolute atomic E-state index is 12.3. The molecule has 3 aromatic heterocycles. The molecular formula is C16H18N6O3. The van der Waals surface area contributed by atoms with E-state index in [-0.39, 0.29) is 29.3 Å². The first-order valence-corrected chi connectivity index (χ1v) is 8.22. The molecule has 0 aromatic carbocycles. The molecule has 0 spiro atoms. The van der Waals surface area contributed by atoms with Gasteiger partial charge in [0.05, 0.1) is 12.3 Å². The molecule has 130 valence electrons. The predicted molar refractivity (Wildman–Crippen MR) is 92.0 cm³/mol. The Morgan fingerprint density at radius 3 is 2.80 bits per heavy atom. The average Bonchev–Trinajstić information content (AvgIpc) is 2.93. The van der Waals surface area contributed by atoms with Gasteiger partial charge >= 0.3 is 5.69 Å². The lowest BCUT2D eigenvalue weighted by Crippen LogP contribution is -2.27. The third-order valence-corrected chi connectivity index (χ3v) is 4.55. The molecule has 0 aliphatic heterocycles. The third kappa shape index (κ3) is 2.93. The highest BCUT2D eigenvalue weighted by Gasteiger charge is 2.24. The largest absolute Gasteiger partial charge is 0.393 e.